The van der Waals surface area contributed by atoms with Gasteiger partial charge in [0.25, 0.3) is 10.0 Å². The molecule has 162 valence electrons. The Morgan fingerprint density at radius 2 is 1.61 bits per heavy atom. The van der Waals surface area contributed by atoms with Crippen molar-refractivity contribution in [3.05, 3.63) is 82.3 Å². The number of anilines is 2. The summed E-state index contributed by atoms with van der Waals surface area (Å²) >= 11 is 13.3. The Morgan fingerprint density at radius 1 is 0.968 bits per heavy atom. The molecule has 0 aliphatic rings. The van der Waals surface area contributed by atoms with Crippen LogP contribution in [0.2, 0.25) is 10.0 Å². The lowest BCUT2D eigenvalue weighted by Crippen LogP contribution is -2.22. The number of thioether (sulfide) groups is 1. The number of hydrogen-bond acceptors (Lipinski definition) is 4. The molecule has 0 bridgehead atoms. The maximum atomic E-state index is 12.7. The number of nitrogens with one attached hydrogen (secondary N) is 2. The Hall–Kier alpha value is -2.19. The first kappa shape index (κ1) is 23.5. The lowest BCUT2D eigenvalue weighted by Gasteiger charge is -2.14. The van der Waals surface area contributed by atoms with Gasteiger partial charge in [0.05, 0.1) is 15.8 Å². The monoisotopic (exact) mass is 494 g/mol. The van der Waals surface area contributed by atoms with E-state index in [2.05, 4.69) is 10.0 Å². The number of carbonyl (C=O) groups is 1. The summed E-state index contributed by atoms with van der Waals surface area (Å²) in [5, 5.41) is 3.56. The molecule has 0 fully saturated rings. The third-order valence-corrected chi connectivity index (χ3v) is 7.59. The maximum absolute atomic E-state index is 12.7. The summed E-state index contributed by atoms with van der Waals surface area (Å²) in [7, 11) is -3.79. The van der Waals surface area contributed by atoms with Crippen LogP contribution in [0.1, 0.15) is 12.5 Å². The minimum Gasteiger partial charge on any atom is -0.325 e. The average molecular weight is 495 g/mol. The van der Waals surface area contributed by atoms with E-state index in [1.165, 1.54) is 23.9 Å². The van der Waals surface area contributed by atoms with Crippen molar-refractivity contribution < 1.29 is 13.2 Å². The van der Waals surface area contributed by atoms with E-state index < -0.39 is 10.0 Å². The normalized spacial score (nSPS) is 12.3. The van der Waals surface area contributed by atoms with Gasteiger partial charge in [0.2, 0.25) is 5.91 Å². The number of amides is 1. The van der Waals surface area contributed by atoms with Gasteiger partial charge < -0.3 is 5.32 Å². The highest BCUT2D eigenvalue weighted by Crippen LogP contribution is 2.27. The Balaban J connectivity index is 1.65. The van der Waals surface area contributed by atoms with Gasteiger partial charge in [-0.15, -0.1) is 11.8 Å². The Labute approximate surface area is 196 Å². The van der Waals surface area contributed by atoms with Crippen LogP contribution in [0.25, 0.3) is 0 Å². The second kappa shape index (κ2) is 9.96. The first-order chi connectivity index (χ1) is 14.7. The van der Waals surface area contributed by atoms with E-state index >= 15 is 0 Å². The third kappa shape index (κ3) is 6.17. The molecule has 9 heteroatoms. The highest BCUT2D eigenvalue weighted by molar-refractivity contribution is 8.00. The van der Waals surface area contributed by atoms with Gasteiger partial charge in [-0.25, -0.2) is 8.42 Å². The number of rotatable bonds is 7. The molecule has 5 nitrogen and oxygen atoms in total. The van der Waals surface area contributed by atoms with E-state index in [-0.39, 0.29) is 16.1 Å². The van der Waals surface area contributed by atoms with E-state index in [0.29, 0.717) is 27.0 Å². The third-order valence-electron chi connectivity index (χ3n) is 4.44. The van der Waals surface area contributed by atoms with E-state index in [4.69, 9.17) is 23.2 Å². The summed E-state index contributed by atoms with van der Waals surface area (Å²) in [5.74, 6) is -0.191. The fourth-order valence-corrected chi connectivity index (χ4v) is 4.94. The predicted molar refractivity (Wildman–Crippen MR) is 129 cm³/mol. The number of benzene rings is 3. The van der Waals surface area contributed by atoms with Gasteiger partial charge in [-0.05, 0) is 80.1 Å². The molecule has 0 aliphatic carbocycles. The molecule has 1 unspecified atom stereocenters. The van der Waals surface area contributed by atoms with E-state index in [1.807, 2.05) is 12.1 Å². The summed E-state index contributed by atoms with van der Waals surface area (Å²) in [6.45, 7) is 3.53. The Morgan fingerprint density at radius 3 is 2.26 bits per heavy atom. The van der Waals surface area contributed by atoms with Gasteiger partial charge in [0, 0.05) is 20.6 Å². The number of halogens is 2. The van der Waals surface area contributed by atoms with Gasteiger partial charge in [-0.1, -0.05) is 29.3 Å². The molecule has 0 aromatic heterocycles. The van der Waals surface area contributed by atoms with Crippen molar-refractivity contribution in [2.24, 2.45) is 0 Å². The van der Waals surface area contributed by atoms with Gasteiger partial charge in [0.1, 0.15) is 0 Å². The zero-order valence-electron chi connectivity index (χ0n) is 16.7. The minimum absolute atomic E-state index is 0.0773. The van der Waals surface area contributed by atoms with Crippen molar-refractivity contribution >= 4 is 62.3 Å². The number of hydrogen-bond donors (Lipinski definition) is 2. The summed E-state index contributed by atoms with van der Waals surface area (Å²) in [6, 6.07) is 18.2. The van der Waals surface area contributed by atoms with Crippen LogP contribution in [-0.2, 0) is 14.8 Å². The number of carbonyl (C=O) groups excluding carboxylic acids is 1. The van der Waals surface area contributed by atoms with E-state index in [1.54, 1.807) is 56.3 Å². The second-order valence-corrected chi connectivity index (χ2v) is 10.7. The molecule has 0 aliphatic heterocycles. The van der Waals surface area contributed by atoms with Gasteiger partial charge in [0.15, 0.2) is 0 Å². The summed E-state index contributed by atoms with van der Waals surface area (Å²) in [5.41, 5.74) is 1.56. The highest BCUT2D eigenvalue weighted by atomic mass is 35.5. The fourth-order valence-electron chi connectivity index (χ4n) is 2.65. The molecule has 0 radical (unpaired) electrons. The molecule has 1 atom stereocenters. The van der Waals surface area contributed by atoms with Crippen LogP contribution in [0.4, 0.5) is 11.4 Å². The molecule has 3 aromatic rings. The SMILES string of the molecule is Cc1c(Cl)cccc1NS(=O)(=O)c1ccc(NC(=O)C(C)Sc2ccc(Cl)cc2)cc1. The maximum Gasteiger partial charge on any atom is 0.261 e. The predicted octanol–water partition coefficient (Wildman–Crippen LogP) is 6.22. The molecular weight excluding hydrogens is 475 g/mol. The topological polar surface area (TPSA) is 75.3 Å². The van der Waals surface area contributed by atoms with Crippen LogP contribution in [-0.4, -0.2) is 19.6 Å². The molecule has 1 amide bonds. The molecule has 3 rings (SSSR count). The molecule has 0 heterocycles. The zero-order chi connectivity index (χ0) is 22.6. The van der Waals surface area contributed by atoms with Gasteiger partial charge in [-0.2, -0.15) is 0 Å². The highest BCUT2D eigenvalue weighted by Gasteiger charge is 2.18. The summed E-state index contributed by atoms with van der Waals surface area (Å²) in [6.07, 6.45) is 0. The molecule has 0 saturated heterocycles. The van der Waals surface area contributed by atoms with E-state index in [9.17, 15) is 13.2 Å². The largest absolute Gasteiger partial charge is 0.325 e. The van der Waals surface area contributed by atoms with Crippen LogP contribution >= 0.6 is 35.0 Å². The molecule has 0 spiro atoms. The molecule has 3 aromatic carbocycles. The number of sulfonamides is 1. The first-order valence-corrected chi connectivity index (χ1v) is 12.4. The van der Waals surface area contributed by atoms with Crippen molar-refractivity contribution in [1.82, 2.24) is 0 Å². The zero-order valence-corrected chi connectivity index (χ0v) is 19.9. The quantitative estimate of drug-likeness (QED) is 0.382. The molecular formula is C22H20Cl2N2O3S2. The van der Waals surface area contributed by atoms with Crippen molar-refractivity contribution in [2.75, 3.05) is 10.0 Å². The smallest absolute Gasteiger partial charge is 0.261 e. The van der Waals surface area contributed by atoms with Crippen molar-refractivity contribution in [2.45, 2.75) is 28.9 Å². The Bertz CT molecular complexity index is 1180. The summed E-state index contributed by atoms with van der Waals surface area (Å²) in [4.78, 5) is 13.5. The molecule has 0 saturated carbocycles. The van der Waals surface area contributed by atoms with Gasteiger partial charge >= 0.3 is 0 Å². The van der Waals surface area contributed by atoms with Crippen molar-refractivity contribution in [3.63, 3.8) is 0 Å². The van der Waals surface area contributed by atoms with Crippen LogP contribution in [0.3, 0.4) is 0 Å². The Kier molecular flexibility index (Phi) is 7.54. The van der Waals surface area contributed by atoms with Crippen LogP contribution in [0.15, 0.2) is 76.5 Å². The van der Waals surface area contributed by atoms with Crippen LogP contribution in [0.5, 0.6) is 0 Å². The lowest BCUT2D eigenvalue weighted by atomic mass is 10.2. The van der Waals surface area contributed by atoms with Crippen molar-refractivity contribution in [3.8, 4) is 0 Å². The average Bonchev–Trinajstić information content (AvgIpc) is 2.73. The fraction of sp³-hybridized carbons (Fsp3) is 0.136. The van der Waals surface area contributed by atoms with Gasteiger partial charge in [-0.3, -0.25) is 9.52 Å². The van der Waals surface area contributed by atoms with Crippen LogP contribution in [0, 0.1) is 6.92 Å². The second-order valence-electron chi connectivity index (χ2n) is 6.75. The van der Waals surface area contributed by atoms with Crippen molar-refractivity contribution in [1.29, 1.82) is 0 Å². The molecule has 2 N–H and O–H groups in total. The molecule has 31 heavy (non-hydrogen) atoms. The van der Waals surface area contributed by atoms with E-state index in [0.717, 1.165) is 4.90 Å². The first-order valence-electron chi connectivity index (χ1n) is 9.27. The van der Waals surface area contributed by atoms with Crippen LogP contribution < -0.4 is 10.0 Å². The minimum atomic E-state index is -3.79. The standard InChI is InChI=1S/C22H20Cl2N2O3S2/c1-14-20(24)4-3-5-21(14)26-31(28,29)19-12-8-17(9-13-19)25-22(27)15(2)30-18-10-6-16(23)7-11-18/h3-13,15,26H,1-2H3,(H,25,27). The summed E-state index contributed by atoms with van der Waals surface area (Å²) < 4.78 is 27.9. The lowest BCUT2D eigenvalue weighted by molar-refractivity contribution is -0.115.